The molecule has 1 fully saturated rings. The van der Waals surface area contributed by atoms with Crippen LogP contribution in [0.1, 0.15) is 44.7 Å². The van der Waals surface area contributed by atoms with E-state index in [4.69, 9.17) is 9.47 Å². The predicted molar refractivity (Wildman–Crippen MR) is 103 cm³/mol. The largest absolute Gasteiger partial charge is 0.487 e. The molecule has 0 aliphatic carbocycles. The lowest BCUT2D eigenvalue weighted by Gasteiger charge is -2.39. The molecule has 2 heterocycles. The number of aliphatic imine (C=N–C) groups is 1. The molecular weight excluding hydrogens is 330 g/mol. The third-order valence-corrected chi connectivity index (χ3v) is 5.43. The van der Waals surface area contributed by atoms with Gasteiger partial charge in [0.25, 0.3) is 0 Å². The van der Waals surface area contributed by atoms with Gasteiger partial charge in [-0.1, -0.05) is 18.2 Å². The van der Waals surface area contributed by atoms with Gasteiger partial charge in [0.15, 0.2) is 5.96 Å². The number of guanidine groups is 1. The number of hydrogen-bond acceptors (Lipinski definition) is 4. The summed E-state index contributed by atoms with van der Waals surface area (Å²) in [6.07, 6.45) is 2.57. The van der Waals surface area contributed by atoms with E-state index < -0.39 is 0 Å². The molecule has 144 valence electrons. The van der Waals surface area contributed by atoms with Crippen LogP contribution in [0.25, 0.3) is 0 Å². The number of para-hydroxylation sites is 1. The topological polar surface area (TPSA) is 75.1 Å². The zero-order valence-electron chi connectivity index (χ0n) is 16.0. The molecular formula is C20H31N3O3. The number of aliphatic hydroxyl groups excluding tert-OH is 1. The van der Waals surface area contributed by atoms with Crippen LogP contribution in [0.5, 0.6) is 5.75 Å². The Morgan fingerprint density at radius 3 is 2.69 bits per heavy atom. The zero-order chi connectivity index (χ0) is 18.6. The summed E-state index contributed by atoms with van der Waals surface area (Å²) in [5, 5.41) is 16.8. The van der Waals surface area contributed by atoms with Crippen LogP contribution < -0.4 is 15.4 Å². The molecule has 0 bridgehead atoms. The van der Waals surface area contributed by atoms with Crippen LogP contribution in [0.4, 0.5) is 0 Å². The van der Waals surface area contributed by atoms with E-state index in [1.165, 1.54) is 0 Å². The maximum absolute atomic E-state index is 9.87. The van der Waals surface area contributed by atoms with Gasteiger partial charge in [0, 0.05) is 44.2 Å². The molecule has 0 spiro atoms. The van der Waals surface area contributed by atoms with Gasteiger partial charge in [-0.15, -0.1) is 0 Å². The van der Waals surface area contributed by atoms with E-state index >= 15 is 0 Å². The summed E-state index contributed by atoms with van der Waals surface area (Å²) in [7, 11) is 1.78. The highest BCUT2D eigenvalue weighted by atomic mass is 16.5. The van der Waals surface area contributed by atoms with Crippen molar-refractivity contribution in [3.05, 3.63) is 29.8 Å². The summed E-state index contributed by atoms with van der Waals surface area (Å²) in [5.74, 6) is 1.68. The van der Waals surface area contributed by atoms with E-state index in [2.05, 4.69) is 35.5 Å². The summed E-state index contributed by atoms with van der Waals surface area (Å²) >= 11 is 0. The van der Waals surface area contributed by atoms with Crippen molar-refractivity contribution in [1.29, 1.82) is 0 Å². The highest BCUT2D eigenvalue weighted by Gasteiger charge is 2.35. The van der Waals surface area contributed by atoms with E-state index in [-0.39, 0.29) is 23.7 Å². The highest BCUT2D eigenvalue weighted by Crippen LogP contribution is 2.39. The van der Waals surface area contributed by atoms with Crippen LogP contribution >= 0.6 is 0 Å². The average molecular weight is 361 g/mol. The summed E-state index contributed by atoms with van der Waals surface area (Å²) < 4.78 is 11.6. The number of nitrogens with one attached hydrogen (secondary N) is 2. The average Bonchev–Trinajstić information content (AvgIpc) is 2.65. The Morgan fingerprint density at radius 1 is 1.27 bits per heavy atom. The van der Waals surface area contributed by atoms with Crippen molar-refractivity contribution in [2.45, 2.75) is 44.8 Å². The van der Waals surface area contributed by atoms with Gasteiger partial charge in [-0.3, -0.25) is 4.99 Å². The molecule has 3 N–H and O–H groups in total. The Bertz CT molecular complexity index is 639. The monoisotopic (exact) mass is 361 g/mol. The van der Waals surface area contributed by atoms with Gasteiger partial charge >= 0.3 is 0 Å². The smallest absolute Gasteiger partial charge is 0.191 e. The maximum Gasteiger partial charge on any atom is 0.191 e. The Kier molecular flexibility index (Phi) is 5.73. The molecule has 1 atom stereocenters. The third-order valence-electron chi connectivity index (χ3n) is 5.43. The Morgan fingerprint density at radius 2 is 2.00 bits per heavy atom. The summed E-state index contributed by atoms with van der Waals surface area (Å²) in [6.45, 7) is 6.47. The number of benzene rings is 1. The van der Waals surface area contributed by atoms with Crippen molar-refractivity contribution < 1.29 is 14.6 Å². The summed E-state index contributed by atoms with van der Waals surface area (Å²) in [4.78, 5) is 4.39. The van der Waals surface area contributed by atoms with E-state index in [1.807, 2.05) is 18.2 Å². The number of ether oxygens (including phenoxy) is 2. The Labute approximate surface area is 156 Å². The van der Waals surface area contributed by atoms with Gasteiger partial charge in [-0.05, 0) is 32.8 Å². The fourth-order valence-electron chi connectivity index (χ4n) is 3.76. The zero-order valence-corrected chi connectivity index (χ0v) is 16.0. The SMILES string of the molecule is CN=C(NCC1(CO)CCOCC1)NC1CC(C)(C)Oc2ccccc21. The number of fused-ring (bicyclic) bond motifs is 1. The van der Waals surface area contributed by atoms with Gasteiger partial charge in [-0.25, -0.2) is 0 Å². The normalized spacial score (nSPS) is 24.3. The van der Waals surface area contributed by atoms with Crippen molar-refractivity contribution in [2.75, 3.05) is 33.4 Å². The lowest BCUT2D eigenvalue weighted by Crippen LogP contribution is -2.49. The molecule has 2 aliphatic heterocycles. The Hall–Kier alpha value is -1.79. The van der Waals surface area contributed by atoms with Gasteiger partial charge in [-0.2, -0.15) is 0 Å². The molecule has 1 aromatic rings. The van der Waals surface area contributed by atoms with Crippen LogP contribution in [0.3, 0.4) is 0 Å². The minimum atomic E-state index is -0.238. The van der Waals surface area contributed by atoms with Crippen molar-refractivity contribution in [3.8, 4) is 5.75 Å². The van der Waals surface area contributed by atoms with Crippen LogP contribution in [0.15, 0.2) is 29.3 Å². The van der Waals surface area contributed by atoms with Crippen molar-refractivity contribution >= 4 is 5.96 Å². The van der Waals surface area contributed by atoms with Gasteiger partial charge in [0.05, 0.1) is 12.6 Å². The van der Waals surface area contributed by atoms with Crippen LogP contribution in [-0.2, 0) is 4.74 Å². The first-order valence-corrected chi connectivity index (χ1v) is 9.41. The maximum atomic E-state index is 9.87. The van der Waals surface area contributed by atoms with Gasteiger partial charge < -0.3 is 25.2 Å². The second kappa shape index (κ2) is 7.84. The summed E-state index contributed by atoms with van der Waals surface area (Å²) in [6, 6.07) is 8.28. The second-order valence-corrected chi connectivity index (χ2v) is 8.00. The number of hydrogen-bond donors (Lipinski definition) is 3. The molecule has 1 aromatic carbocycles. The molecule has 0 radical (unpaired) electrons. The first-order valence-electron chi connectivity index (χ1n) is 9.41. The number of rotatable bonds is 4. The Balaban J connectivity index is 1.68. The van der Waals surface area contributed by atoms with Gasteiger partial charge in [0.2, 0.25) is 0 Å². The molecule has 0 saturated carbocycles. The lowest BCUT2D eigenvalue weighted by molar-refractivity contribution is -0.0132. The lowest BCUT2D eigenvalue weighted by atomic mass is 9.81. The first kappa shape index (κ1) is 19.0. The van der Waals surface area contributed by atoms with Crippen molar-refractivity contribution in [3.63, 3.8) is 0 Å². The molecule has 0 aromatic heterocycles. The number of aliphatic hydroxyl groups is 1. The third kappa shape index (κ3) is 4.30. The van der Waals surface area contributed by atoms with Gasteiger partial charge in [0.1, 0.15) is 11.4 Å². The fraction of sp³-hybridized carbons (Fsp3) is 0.650. The molecule has 6 nitrogen and oxygen atoms in total. The highest BCUT2D eigenvalue weighted by molar-refractivity contribution is 5.80. The molecule has 1 unspecified atom stereocenters. The summed E-state index contributed by atoms with van der Waals surface area (Å²) in [5.41, 5.74) is 0.776. The standard InChI is InChI=1S/C20H31N3O3/c1-19(2)12-16(15-6-4-5-7-17(15)26-19)23-18(21-3)22-13-20(14-24)8-10-25-11-9-20/h4-7,16,24H,8-14H2,1-3H3,(H2,21,22,23). The minimum Gasteiger partial charge on any atom is -0.487 e. The minimum absolute atomic E-state index is 0.126. The van der Waals surface area contributed by atoms with Crippen LogP contribution in [-0.4, -0.2) is 50.1 Å². The van der Waals surface area contributed by atoms with E-state index in [0.717, 1.165) is 36.5 Å². The van der Waals surface area contributed by atoms with Crippen LogP contribution in [0, 0.1) is 5.41 Å². The number of nitrogens with zero attached hydrogens (tertiary/aromatic N) is 1. The van der Waals surface area contributed by atoms with Crippen LogP contribution in [0.2, 0.25) is 0 Å². The fourth-order valence-corrected chi connectivity index (χ4v) is 3.76. The quantitative estimate of drug-likeness (QED) is 0.566. The van der Waals surface area contributed by atoms with E-state index in [9.17, 15) is 5.11 Å². The first-order chi connectivity index (χ1) is 12.5. The van der Waals surface area contributed by atoms with Crippen molar-refractivity contribution in [2.24, 2.45) is 10.4 Å². The van der Waals surface area contributed by atoms with Crippen molar-refractivity contribution in [1.82, 2.24) is 10.6 Å². The molecule has 26 heavy (non-hydrogen) atoms. The molecule has 6 heteroatoms. The van der Waals surface area contributed by atoms with E-state index in [0.29, 0.717) is 19.8 Å². The molecule has 1 saturated heterocycles. The molecule has 3 rings (SSSR count). The molecule has 0 amide bonds. The molecule has 2 aliphatic rings. The predicted octanol–water partition coefficient (Wildman–Crippen LogP) is 2.24. The van der Waals surface area contributed by atoms with E-state index in [1.54, 1.807) is 7.05 Å². The second-order valence-electron chi connectivity index (χ2n) is 8.00.